The normalized spacial score (nSPS) is 13.5. The Morgan fingerprint density at radius 2 is 1.43 bits per heavy atom. The first-order valence-corrected chi connectivity index (χ1v) is 10.9. The van der Waals surface area contributed by atoms with E-state index in [0.29, 0.717) is 11.1 Å². The molecule has 1 heterocycles. The molecule has 0 fully saturated rings. The molecule has 0 aliphatic carbocycles. The van der Waals surface area contributed by atoms with Crippen LogP contribution in [0.4, 0.5) is 0 Å². The average molecular weight is 539 g/mol. The molecule has 0 saturated carbocycles. The van der Waals surface area contributed by atoms with E-state index in [0.717, 1.165) is 0 Å². The zero-order valence-corrected chi connectivity index (χ0v) is 21.0. The topological polar surface area (TPSA) is 112 Å². The van der Waals surface area contributed by atoms with Gasteiger partial charge in [-0.25, -0.2) is 5.90 Å². The van der Waals surface area contributed by atoms with Crippen LogP contribution in [0.2, 0.25) is 10.0 Å². The third-order valence-electron chi connectivity index (χ3n) is 5.30. The van der Waals surface area contributed by atoms with Gasteiger partial charge in [0, 0.05) is 11.1 Å². The zero-order chi connectivity index (χ0) is 24.5. The third-order valence-corrected chi connectivity index (χ3v) is 5.96. The van der Waals surface area contributed by atoms with E-state index in [1.54, 1.807) is 0 Å². The van der Waals surface area contributed by atoms with Crippen LogP contribution < -0.4 is 26.2 Å². The van der Waals surface area contributed by atoms with Crippen LogP contribution in [0.1, 0.15) is 35.3 Å². The molecule has 0 radical (unpaired) electrons. The van der Waals surface area contributed by atoms with Crippen molar-refractivity contribution < 1.29 is 23.9 Å². The molecule has 0 aromatic heterocycles. The largest absolute Gasteiger partial charge is 0.439 e. The molecule has 2 amide bonds. The second-order valence-corrected chi connectivity index (χ2v) is 8.75. The molecule has 184 valence electrons. The molecule has 0 spiro atoms. The maximum Gasteiger partial charge on any atom is 0.305 e. The SMILES string of the molecule is CC(C)(ON)C(=O)NNC(=O)c1cc(Cl)c2c(c1Cl)OC(c1ccccc1)(c1ccccc1)O2.Cl. The van der Waals surface area contributed by atoms with Crippen LogP contribution in [0.5, 0.6) is 11.5 Å². The van der Waals surface area contributed by atoms with Crippen molar-refractivity contribution in [2.45, 2.75) is 25.2 Å². The van der Waals surface area contributed by atoms with Crippen LogP contribution in [-0.2, 0) is 15.4 Å². The Bertz CT molecular complexity index is 1200. The highest BCUT2D eigenvalue weighted by Crippen LogP contribution is 2.54. The molecule has 35 heavy (non-hydrogen) atoms. The van der Waals surface area contributed by atoms with Gasteiger partial charge in [0.1, 0.15) is 0 Å². The van der Waals surface area contributed by atoms with Gasteiger partial charge < -0.3 is 9.47 Å². The first kappa shape index (κ1) is 26.6. The number of hydrazine groups is 1. The highest BCUT2D eigenvalue weighted by atomic mass is 35.5. The zero-order valence-electron chi connectivity index (χ0n) is 18.6. The number of nitrogens with two attached hydrogens (primary N) is 1. The number of nitrogens with one attached hydrogen (secondary N) is 2. The maximum atomic E-state index is 12.8. The quantitative estimate of drug-likeness (QED) is 0.412. The van der Waals surface area contributed by atoms with Gasteiger partial charge in [0.05, 0.1) is 15.6 Å². The van der Waals surface area contributed by atoms with Crippen LogP contribution in [0.3, 0.4) is 0 Å². The number of hydrogen-bond acceptors (Lipinski definition) is 6. The van der Waals surface area contributed by atoms with Gasteiger partial charge in [-0.3, -0.25) is 25.3 Å². The van der Waals surface area contributed by atoms with Crippen molar-refractivity contribution in [2.75, 3.05) is 0 Å². The predicted octanol–water partition coefficient (Wildman–Crippen LogP) is 4.52. The van der Waals surface area contributed by atoms with Crippen LogP contribution >= 0.6 is 35.6 Å². The van der Waals surface area contributed by atoms with E-state index >= 15 is 0 Å². The van der Waals surface area contributed by atoms with Crippen molar-refractivity contribution in [3.63, 3.8) is 0 Å². The second kappa shape index (κ2) is 10.3. The van der Waals surface area contributed by atoms with Crippen molar-refractivity contribution in [2.24, 2.45) is 5.90 Å². The van der Waals surface area contributed by atoms with Gasteiger partial charge in [-0.05, 0) is 19.9 Å². The lowest BCUT2D eigenvalue weighted by molar-refractivity contribution is -0.144. The third kappa shape index (κ3) is 4.89. The van der Waals surface area contributed by atoms with Crippen molar-refractivity contribution in [1.82, 2.24) is 10.9 Å². The Morgan fingerprint density at radius 1 is 0.914 bits per heavy atom. The van der Waals surface area contributed by atoms with E-state index in [9.17, 15) is 9.59 Å². The van der Waals surface area contributed by atoms with E-state index in [1.807, 2.05) is 60.7 Å². The number of carbonyl (C=O) groups is 2. The fourth-order valence-electron chi connectivity index (χ4n) is 3.35. The molecule has 11 heteroatoms. The predicted molar refractivity (Wildman–Crippen MR) is 134 cm³/mol. The van der Waals surface area contributed by atoms with Crippen molar-refractivity contribution >= 4 is 47.4 Å². The molecule has 0 bridgehead atoms. The number of fused-ring (bicyclic) bond motifs is 1. The van der Waals surface area contributed by atoms with Gasteiger partial charge >= 0.3 is 5.79 Å². The standard InChI is InChI=1S/C24H21Cl2N3O5.ClH/c1-23(2,34-27)22(31)29-28-21(30)16-13-17(25)19-20(18(16)26)33-24(32-19,14-9-5-3-6-10-14)15-11-7-4-8-12-15;/h3-13H,27H2,1-2H3,(H,28,30)(H,29,31);1H. The summed E-state index contributed by atoms with van der Waals surface area (Å²) in [4.78, 5) is 29.5. The second-order valence-electron chi connectivity index (χ2n) is 7.97. The van der Waals surface area contributed by atoms with Gasteiger partial charge in [0.2, 0.25) is 0 Å². The molecular weight excluding hydrogens is 517 g/mol. The first-order valence-electron chi connectivity index (χ1n) is 10.2. The molecule has 1 aliphatic rings. The Hall–Kier alpha value is -3.01. The summed E-state index contributed by atoms with van der Waals surface area (Å²) in [6, 6.07) is 19.9. The number of hydrogen-bond donors (Lipinski definition) is 3. The van der Waals surface area contributed by atoms with E-state index in [2.05, 4.69) is 15.7 Å². The summed E-state index contributed by atoms with van der Waals surface area (Å²) >= 11 is 13.1. The lowest BCUT2D eigenvalue weighted by Gasteiger charge is -2.28. The van der Waals surface area contributed by atoms with Gasteiger partial charge in [0.25, 0.3) is 11.8 Å². The average Bonchev–Trinajstić information content (AvgIpc) is 3.29. The summed E-state index contributed by atoms with van der Waals surface area (Å²) in [5.74, 6) is 2.64. The van der Waals surface area contributed by atoms with Crippen LogP contribution in [0.15, 0.2) is 66.7 Å². The highest BCUT2D eigenvalue weighted by Gasteiger charge is 2.48. The van der Waals surface area contributed by atoms with Gasteiger partial charge in [-0.1, -0.05) is 83.9 Å². The Labute approximate surface area is 218 Å². The van der Waals surface area contributed by atoms with Crippen molar-refractivity contribution in [1.29, 1.82) is 0 Å². The van der Waals surface area contributed by atoms with Crippen molar-refractivity contribution in [3.8, 4) is 11.5 Å². The molecule has 3 aromatic rings. The number of carbonyl (C=O) groups excluding carboxylic acids is 2. The summed E-state index contributed by atoms with van der Waals surface area (Å²) in [6.45, 7) is 2.87. The monoisotopic (exact) mass is 537 g/mol. The maximum absolute atomic E-state index is 12.8. The molecule has 4 N–H and O–H groups in total. The summed E-state index contributed by atoms with van der Waals surface area (Å²) in [6.07, 6.45) is 0. The smallest absolute Gasteiger partial charge is 0.305 e. The molecule has 0 atom stereocenters. The summed E-state index contributed by atoms with van der Waals surface area (Å²) in [7, 11) is 0. The molecule has 0 unspecified atom stereocenters. The molecular formula is C24H22Cl3N3O5. The summed E-state index contributed by atoms with van der Waals surface area (Å²) < 4.78 is 12.6. The highest BCUT2D eigenvalue weighted by molar-refractivity contribution is 6.38. The summed E-state index contributed by atoms with van der Waals surface area (Å²) in [5, 5.41) is 0.0736. The minimum absolute atomic E-state index is 0. The number of halogens is 3. The lowest BCUT2D eigenvalue weighted by Crippen LogP contribution is -2.52. The first-order chi connectivity index (χ1) is 16.2. The molecule has 0 saturated heterocycles. The van der Waals surface area contributed by atoms with Crippen molar-refractivity contribution in [3.05, 3.63) is 93.5 Å². The minimum Gasteiger partial charge on any atom is -0.439 e. The van der Waals surface area contributed by atoms with Crippen LogP contribution in [0.25, 0.3) is 0 Å². The number of rotatable bonds is 5. The van der Waals surface area contributed by atoms with E-state index in [4.69, 9.17) is 38.6 Å². The van der Waals surface area contributed by atoms with Gasteiger partial charge in [-0.15, -0.1) is 12.4 Å². The number of ether oxygens (including phenoxy) is 2. The molecule has 8 nitrogen and oxygen atoms in total. The van der Waals surface area contributed by atoms with E-state index in [1.165, 1.54) is 19.9 Å². The van der Waals surface area contributed by atoms with Gasteiger partial charge in [0.15, 0.2) is 17.1 Å². The fraction of sp³-hybridized carbons (Fsp3) is 0.167. The Morgan fingerprint density at radius 3 is 1.94 bits per heavy atom. The van der Waals surface area contributed by atoms with Crippen LogP contribution in [0, 0.1) is 0 Å². The van der Waals surface area contributed by atoms with Crippen LogP contribution in [-0.4, -0.2) is 17.4 Å². The Balaban J connectivity index is 0.00000342. The van der Waals surface area contributed by atoms with E-state index < -0.39 is 23.2 Å². The lowest BCUT2D eigenvalue weighted by atomic mass is 9.97. The van der Waals surface area contributed by atoms with E-state index in [-0.39, 0.29) is 39.5 Å². The molecule has 4 rings (SSSR count). The molecule has 3 aromatic carbocycles. The van der Waals surface area contributed by atoms with Gasteiger partial charge in [-0.2, -0.15) is 0 Å². The summed E-state index contributed by atoms with van der Waals surface area (Å²) in [5.41, 5.74) is 4.51. The fourth-order valence-corrected chi connectivity index (χ4v) is 3.85. The Kier molecular flexibility index (Phi) is 7.83. The number of amides is 2. The molecule has 1 aliphatic heterocycles. The minimum atomic E-state index is -1.37. The number of benzene rings is 3.